The quantitative estimate of drug-likeness (QED) is 0.369. The predicted octanol–water partition coefficient (Wildman–Crippen LogP) is 5.54. The second-order valence-electron chi connectivity index (χ2n) is 8.57. The van der Waals surface area contributed by atoms with E-state index < -0.39 is 0 Å². The van der Waals surface area contributed by atoms with E-state index in [4.69, 9.17) is 18.9 Å². The van der Waals surface area contributed by atoms with Crippen LogP contribution in [-0.2, 0) is 28.8 Å². The number of hydrogen-bond donors (Lipinski definition) is 0. The molecule has 0 atom stereocenters. The summed E-state index contributed by atoms with van der Waals surface area (Å²) in [6.07, 6.45) is 4.10. The second-order valence-corrected chi connectivity index (χ2v) is 8.57. The van der Waals surface area contributed by atoms with E-state index in [1.807, 2.05) is 26.0 Å². The Hall–Kier alpha value is -3.28. The lowest BCUT2D eigenvalue weighted by molar-refractivity contribution is -0.142. The van der Waals surface area contributed by atoms with Crippen molar-refractivity contribution in [1.29, 1.82) is 0 Å². The number of hydrogen-bond acceptors (Lipinski definition) is 6. The zero-order valence-corrected chi connectivity index (χ0v) is 20.4. The van der Waals surface area contributed by atoms with Crippen LogP contribution in [0.1, 0.15) is 49.3 Å². The summed E-state index contributed by atoms with van der Waals surface area (Å²) in [5.41, 5.74) is 5.59. The van der Waals surface area contributed by atoms with Gasteiger partial charge in [-0.3, -0.25) is 4.79 Å². The Morgan fingerprint density at radius 1 is 1.15 bits per heavy atom. The smallest absolute Gasteiger partial charge is 0.307 e. The lowest BCUT2D eigenvalue weighted by Gasteiger charge is -2.32. The molecule has 1 aliphatic rings. The highest BCUT2D eigenvalue weighted by atomic mass is 16.5. The van der Waals surface area contributed by atoms with Gasteiger partial charge in [-0.15, -0.1) is 0 Å². The average molecular weight is 463 g/mol. The van der Waals surface area contributed by atoms with Gasteiger partial charge >= 0.3 is 5.97 Å². The van der Waals surface area contributed by atoms with Crippen molar-refractivity contribution < 1.29 is 18.7 Å². The third-order valence-electron chi connectivity index (χ3n) is 6.29. The summed E-state index contributed by atoms with van der Waals surface area (Å²) >= 11 is 0. The SMILES string of the molecule is CCOC(=O)CCN1CCCc2c(OCCc3nc(-c4ccc(CC)cc4)oc3C)cccc21. The molecule has 6 nitrogen and oxygen atoms in total. The van der Waals surface area contributed by atoms with Gasteiger partial charge in [-0.25, -0.2) is 4.98 Å². The van der Waals surface area contributed by atoms with Crippen LogP contribution >= 0.6 is 0 Å². The lowest BCUT2D eigenvalue weighted by atomic mass is 10.0. The maximum absolute atomic E-state index is 11.8. The fourth-order valence-electron chi connectivity index (χ4n) is 4.42. The predicted molar refractivity (Wildman–Crippen MR) is 133 cm³/mol. The molecule has 180 valence electrons. The third-order valence-corrected chi connectivity index (χ3v) is 6.29. The van der Waals surface area contributed by atoms with Crippen molar-refractivity contribution in [3.63, 3.8) is 0 Å². The Kier molecular flexibility index (Phi) is 7.88. The normalized spacial score (nSPS) is 13.0. The van der Waals surface area contributed by atoms with Gasteiger partial charge in [0.25, 0.3) is 0 Å². The first-order valence-electron chi connectivity index (χ1n) is 12.3. The van der Waals surface area contributed by atoms with Crippen molar-refractivity contribution in [1.82, 2.24) is 4.98 Å². The van der Waals surface area contributed by atoms with Crippen molar-refractivity contribution in [3.8, 4) is 17.2 Å². The number of rotatable bonds is 10. The molecule has 0 saturated heterocycles. The molecule has 0 unspecified atom stereocenters. The molecule has 3 aromatic rings. The molecule has 4 rings (SSSR count). The van der Waals surface area contributed by atoms with Crippen molar-refractivity contribution in [2.75, 3.05) is 31.2 Å². The number of anilines is 1. The molecule has 0 spiro atoms. The van der Waals surface area contributed by atoms with E-state index in [0.29, 0.717) is 38.5 Å². The Labute approximate surface area is 201 Å². The van der Waals surface area contributed by atoms with Gasteiger partial charge in [0.1, 0.15) is 11.5 Å². The Morgan fingerprint density at radius 3 is 2.74 bits per heavy atom. The van der Waals surface area contributed by atoms with Gasteiger partial charge in [-0.05, 0) is 62.9 Å². The van der Waals surface area contributed by atoms with Crippen LogP contribution in [0.4, 0.5) is 5.69 Å². The minimum Gasteiger partial charge on any atom is -0.493 e. The van der Waals surface area contributed by atoms with E-state index in [2.05, 4.69) is 42.2 Å². The second kappa shape index (κ2) is 11.2. The fourth-order valence-corrected chi connectivity index (χ4v) is 4.42. The standard InChI is InChI=1S/C28H34N2O4/c1-4-21-11-13-22(14-12-21)28-29-24(20(3)34-28)16-19-33-26-10-6-9-25-23(26)8-7-17-30(25)18-15-27(31)32-5-2/h6,9-14H,4-5,7-8,15-19H2,1-3H3. The minimum atomic E-state index is -0.148. The maximum Gasteiger partial charge on any atom is 0.307 e. The molecule has 0 fully saturated rings. The largest absolute Gasteiger partial charge is 0.493 e. The van der Waals surface area contributed by atoms with Crippen LogP contribution in [0, 0.1) is 6.92 Å². The van der Waals surface area contributed by atoms with Crippen LogP contribution in [0.3, 0.4) is 0 Å². The van der Waals surface area contributed by atoms with Gasteiger partial charge < -0.3 is 18.8 Å². The van der Waals surface area contributed by atoms with E-state index in [-0.39, 0.29) is 5.97 Å². The van der Waals surface area contributed by atoms with Gasteiger partial charge in [0.05, 0.1) is 25.3 Å². The van der Waals surface area contributed by atoms with Crippen molar-refractivity contribution >= 4 is 11.7 Å². The molecule has 1 aromatic heterocycles. The molecular weight excluding hydrogens is 428 g/mol. The highest BCUT2D eigenvalue weighted by molar-refractivity contribution is 5.71. The number of esters is 1. The van der Waals surface area contributed by atoms with E-state index in [1.165, 1.54) is 11.1 Å². The first-order chi connectivity index (χ1) is 16.6. The van der Waals surface area contributed by atoms with Crippen LogP contribution < -0.4 is 9.64 Å². The topological polar surface area (TPSA) is 64.8 Å². The Bertz CT molecular complexity index is 1100. The number of ether oxygens (including phenoxy) is 2. The summed E-state index contributed by atoms with van der Waals surface area (Å²) in [5, 5.41) is 0. The molecule has 6 heteroatoms. The van der Waals surface area contributed by atoms with Gasteiger partial charge in [-0.2, -0.15) is 0 Å². The summed E-state index contributed by atoms with van der Waals surface area (Å²) in [6, 6.07) is 14.5. The average Bonchev–Trinajstić information content (AvgIpc) is 3.23. The van der Waals surface area contributed by atoms with Crippen molar-refractivity contribution in [2.45, 2.75) is 52.9 Å². The molecule has 0 N–H and O–H groups in total. The Balaban J connectivity index is 1.39. The van der Waals surface area contributed by atoms with E-state index >= 15 is 0 Å². The number of benzene rings is 2. The van der Waals surface area contributed by atoms with Crippen LogP contribution in [0.2, 0.25) is 0 Å². The van der Waals surface area contributed by atoms with Crippen molar-refractivity contribution in [2.24, 2.45) is 0 Å². The van der Waals surface area contributed by atoms with Crippen LogP contribution in [0.5, 0.6) is 5.75 Å². The van der Waals surface area contributed by atoms with Crippen LogP contribution in [0.15, 0.2) is 46.9 Å². The molecule has 2 aromatic carbocycles. The number of carbonyl (C=O) groups is 1. The zero-order chi connectivity index (χ0) is 23.9. The van der Waals surface area contributed by atoms with Gasteiger partial charge in [-0.1, -0.05) is 25.1 Å². The van der Waals surface area contributed by atoms with Gasteiger partial charge in [0.2, 0.25) is 5.89 Å². The van der Waals surface area contributed by atoms with E-state index in [1.54, 1.807) is 0 Å². The molecule has 1 aliphatic heterocycles. The number of oxazole rings is 1. The monoisotopic (exact) mass is 462 g/mol. The first-order valence-corrected chi connectivity index (χ1v) is 12.3. The summed E-state index contributed by atoms with van der Waals surface area (Å²) < 4.78 is 17.2. The van der Waals surface area contributed by atoms with E-state index in [0.717, 1.165) is 54.3 Å². The molecule has 0 bridgehead atoms. The minimum absolute atomic E-state index is 0.148. The summed E-state index contributed by atoms with van der Waals surface area (Å²) in [5.74, 6) is 2.25. The third kappa shape index (κ3) is 5.61. The highest BCUT2D eigenvalue weighted by Crippen LogP contribution is 2.34. The number of aromatic nitrogens is 1. The molecule has 34 heavy (non-hydrogen) atoms. The van der Waals surface area contributed by atoms with Gasteiger partial charge in [0, 0.05) is 36.3 Å². The van der Waals surface area contributed by atoms with Crippen LogP contribution in [0.25, 0.3) is 11.5 Å². The fraction of sp³-hybridized carbons (Fsp3) is 0.429. The zero-order valence-electron chi connectivity index (χ0n) is 20.4. The number of carbonyl (C=O) groups excluding carboxylic acids is 1. The van der Waals surface area contributed by atoms with Crippen LogP contribution in [-0.4, -0.2) is 37.3 Å². The molecule has 2 heterocycles. The highest BCUT2D eigenvalue weighted by Gasteiger charge is 2.21. The van der Waals surface area contributed by atoms with Gasteiger partial charge in [0.15, 0.2) is 0 Å². The maximum atomic E-state index is 11.8. The molecule has 0 saturated carbocycles. The number of fused-ring (bicyclic) bond motifs is 1. The molecular formula is C28H34N2O4. The molecule has 0 amide bonds. The molecule has 0 aliphatic carbocycles. The number of nitrogens with zero attached hydrogens (tertiary/aromatic N) is 2. The van der Waals surface area contributed by atoms with Crippen molar-refractivity contribution in [3.05, 3.63) is 65.0 Å². The Morgan fingerprint density at radius 2 is 1.97 bits per heavy atom. The summed E-state index contributed by atoms with van der Waals surface area (Å²) in [7, 11) is 0. The molecule has 0 radical (unpaired) electrons. The summed E-state index contributed by atoms with van der Waals surface area (Å²) in [4.78, 5) is 18.8. The first kappa shape index (κ1) is 23.9. The summed E-state index contributed by atoms with van der Waals surface area (Å²) in [6.45, 7) is 8.49. The lowest BCUT2D eigenvalue weighted by Crippen LogP contribution is -2.32. The number of aryl methyl sites for hydroxylation is 2. The van der Waals surface area contributed by atoms with E-state index in [9.17, 15) is 4.79 Å².